The first-order chi connectivity index (χ1) is 9.63. The lowest BCUT2D eigenvalue weighted by atomic mass is 10.1. The molecule has 4 heteroatoms. The van der Waals surface area contributed by atoms with Gasteiger partial charge >= 0.3 is 5.97 Å². The zero-order chi connectivity index (χ0) is 14.5. The Morgan fingerprint density at radius 2 is 1.90 bits per heavy atom. The second kappa shape index (κ2) is 6.10. The minimum absolute atomic E-state index is 0.0953. The standard InChI is InChI=1S/C16H16O4/c1-11-6-3-4-7-12(11)10-20-15-13(16(17)18)8-5-9-14(15)19-2/h3-9H,10H2,1-2H3,(H,17,18). The molecule has 0 aliphatic carbocycles. The topological polar surface area (TPSA) is 55.8 Å². The van der Waals surface area contributed by atoms with Crippen LogP contribution in [0.5, 0.6) is 11.5 Å². The molecule has 0 radical (unpaired) electrons. The molecular weight excluding hydrogens is 256 g/mol. The van der Waals surface area contributed by atoms with Crippen LogP contribution in [0.15, 0.2) is 42.5 Å². The van der Waals surface area contributed by atoms with E-state index in [2.05, 4.69) is 0 Å². The summed E-state index contributed by atoms with van der Waals surface area (Å²) in [4.78, 5) is 11.2. The van der Waals surface area contributed by atoms with Crippen molar-refractivity contribution in [3.8, 4) is 11.5 Å². The van der Waals surface area contributed by atoms with Crippen molar-refractivity contribution in [2.75, 3.05) is 7.11 Å². The van der Waals surface area contributed by atoms with E-state index >= 15 is 0 Å². The second-order valence-corrected chi connectivity index (χ2v) is 4.36. The molecule has 0 bridgehead atoms. The number of benzene rings is 2. The molecule has 0 unspecified atom stereocenters. The minimum atomic E-state index is -1.04. The number of ether oxygens (including phenoxy) is 2. The van der Waals surface area contributed by atoms with Gasteiger partial charge in [-0.2, -0.15) is 0 Å². The first-order valence-corrected chi connectivity index (χ1v) is 6.21. The van der Waals surface area contributed by atoms with Crippen molar-refractivity contribution in [1.29, 1.82) is 0 Å². The number of methoxy groups -OCH3 is 1. The van der Waals surface area contributed by atoms with Crippen LogP contribution in [0, 0.1) is 6.92 Å². The fourth-order valence-electron chi connectivity index (χ4n) is 1.92. The maximum atomic E-state index is 11.2. The van der Waals surface area contributed by atoms with Crippen LogP contribution in [0.1, 0.15) is 21.5 Å². The molecule has 104 valence electrons. The van der Waals surface area contributed by atoms with E-state index in [1.165, 1.54) is 13.2 Å². The molecule has 1 N–H and O–H groups in total. The van der Waals surface area contributed by atoms with Crippen molar-refractivity contribution in [2.24, 2.45) is 0 Å². The Hall–Kier alpha value is -2.49. The van der Waals surface area contributed by atoms with Crippen LogP contribution >= 0.6 is 0 Å². The van der Waals surface area contributed by atoms with E-state index in [0.29, 0.717) is 12.4 Å². The summed E-state index contributed by atoms with van der Waals surface area (Å²) < 4.78 is 10.8. The molecule has 0 aliphatic heterocycles. The highest BCUT2D eigenvalue weighted by atomic mass is 16.5. The van der Waals surface area contributed by atoms with Crippen LogP contribution in [-0.2, 0) is 6.61 Å². The van der Waals surface area contributed by atoms with Crippen LogP contribution in [0.25, 0.3) is 0 Å². The van der Waals surface area contributed by atoms with E-state index < -0.39 is 5.97 Å². The summed E-state index contributed by atoms with van der Waals surface area (Å²) in [7, 11) is 1.49. The maximum Gasteiger partial charge on any atom is 0.339 e. The summed E-state index contributed by atoms with van der Waals surface area (Å²) in [5, 5.41) is 9.20. The Labute approximate surface area is 117 Å². The monoisotopic (exact) mass is 272 g/mol. The molecule has 0 aliphatic rings. The van der Waals surface area contributed by atoms with Gasteiger partial charge in [-0.05, 0) is 30.2 Å². The minimum Gasteiger partial charge on any atom is -0.493 e. The summed E-state index contributed by atoms with van der Waals surface area (Å²) in [6.07, 6.45) is 0. The molecule has 4 nitrogen and oxygen atoms in total. The fourth-order valence-corrected chi connectivity index (χ4v) is 1.92. The van der Waals surface area contributed by atoms with E-state index in [4.69, 9.17) is 9.47 Å². The van der Waals surface area contributed by atoms with Gasteiger partial charge in [0, 0.05) is 0 Å². The molecular formula is C16H16O4. The van der Waals surface area contributed by atoms with Gasteiger partial charge in [-0.15, -0.1) is 0 Å². The van der Waals surface area contributed by atoms with Crippen molar-refractivity contribution >= 4 is 5.97 Å². The van der Waals surface area contributed by atoms with Crippen LogP contribution in [0.4, 0.5) is 0 Å². The molecule has 0 heterocycles. The zero-order valence-corrected chi connectivity index (χ0v) is 11.4. The van der Waals surface area contributed by atoms with Gasteiger partial charge in [0.25, 0.3) is 0 Å². The third kappa shape index (κ3) is 2.91. The highest BCUT2D eigenvalue weighted by molar-refractivity contribution is 5.92. The largest absolute Gasteiger partial charge is 0.493 e. The Morgan fingerprint density at radius 1 is 1.15 bits per heavy atom. The summed E-state index contributed by atoms with van der Waals surface area (Å²) in [5.74, 6) is -0.368. The first kappa shape index (κ1) is 13.9. The molecule has 2 aromatic carbocycles. The van der Waals surface area contributed by atoms with E-state index in [0.717, 1.165) is 11.1 Å². The highest BCUT2D eigenvalue weighted by Gasteiger charge is 2.16. The number of aromatic carboxylic acids is 1. The van der Waals surface area contributed by atoms with Crippen molar-refractivity contribution < 1.29 is 19.4 Å². The number of carboxylic acid groups (broad SMARTS) is 1. The van der Waals surface area contributed by atoms with Gasteiger partial charge < -0.3 is 14.6 Å². The van der Waals surface area contributed by atoms with Gasteiger partial charge in [-0.25, -0.2) is 4.79 Å². The van der Waals surface area contributed by atoms with Gasteiger partial charge in [0.15, 0.2) is 11.5 Å². The van der Waals surface area contributed by atoms with Gasteiger partial charge in [-0.3, -0.25) is 0 Å². The number of carboxylic acids is 1. The van der Waals surface area contributed by atoms with Crippen molar-refractivity contribution in [1.82, 2.24) is 0 Å². The van der Waals surface area contributed by atoms with Gasteiger partial charge in [0.05, 0.1) is 7.11 Å². The molecule has 0 atom stereocenters. The maximum absolute atomic E-state index is 11.2. The average molecular weight is 272 g/mol. The Balaban J connectivity index is 2.29. The molecule has 0 amide bonds. The molecule has 0 saturated heterocycles. The predicted octanol–water partition coefficient (Wildman–Crippen LogP) is 3.28. The number of para-hydroxylation sites is 1. The van der Waals surface area contributed by atoms with Gasteiger partial charge in [-0.1, -0.05) is 30.3 Å². The van der Waals surface area contributed by atoms with Crippen LogP contribution in [-0.4, -0.2) is 18.2 Å². The average Bonchev–Trinajstić information content (AvgIpc) is 2.46. The van der Waals surface area contributed by atoms with Crippen LogP contribution in [0.3, 0.4) is 0 Å². The lowest BCUT2D eigenvalue weighted by molar-refractivity contribution is 0.0691. The highest BCUT2D eigenvalue weighted by Crippen LogP contribution is 2.32. The fraction of sp³-hybridized carbons (Fsp3) is 0.188. The van der Waals surface area contributed by atoms with Crippen molar-refractivity contribution in [3.05, 3.63) is 59.2 Å². The summed E-state index contributed by atoms with van der Waals surface area (Å²) in [6, 6.07) is 12.6. The lowest BCUT2D eigenvalue weighted by Crippen LogP contribution is -2.05. The summed E-state index contributed by atoms with van der Waals surface area (Å²) in [6.45, 7) is 2.28. The molecule has 0 spiro atoms. The Bertz CT molecular complexity index is 620. The van der Waals surface area contributed by atoms with E-state index in [1.807, 2.05) is 31.2 Å². The number of rotatable bonds is 5. The normalized spacial score (nSPS) is 10.1. The number of hydrogen-bond donors (Lipinski definition) is 1. The van der Waals surface area contributed by atoms with Gasteiger partial charge in [0.2, 0.25) is 0 Å². The SMILES string of the molecule is COc1cccc(C(=O)O)c1OCc1ccccc1C. The zero-order valence-electron chi connectivity index (χ0n) is 11.4. The van der Waals surface area contributed by atoms with Crippen LogP contribution in [0.2, 0.25) is 0 Å². The van der Waals surface area contributed by atoms with Crippen molar-refractivity contribution in [2.45, 2.75) is 13.5 Å². The smallest absolute Gasteiger partial charge is 0.339 e. The van der Waals surface area contributed by atoms with E-state index in [9.17, 15) is 9.90 Å². The third-order valence-electron chi connectivity index (χ3n) is 3.06. The molecule has 2 rings (SSSR count). The lowest BCUT2D eigenvalue weighted by Gasteiger charge is -2.14. The van der Waals surface area contributed by atoms with Gasteiger partial charge in [0.1, 0.15) is 12.2 Å². The first-order valence-electron chi connectivity index (χ1n) is 6.21. The summed E-state index contributed by atoms with van der Waals surface area (Å²) in [5.41, 5.74) is 2.20. The predicted molar refractivity (Wildman–Crippen MR) is 75.5 cm³/mol. The molecule has 20 heavy (non-hydrogen) atoms. The molecule has 0 fully saturated rings. The van der Waals surface area contributed by atoms with E-state index in [-0.39, 0.29) is 11.3 Å². The summed E-state index contributed by atoms with van der Waals surface area (Å²) >= 11 is 0. The molecule has 2 aromatic rings. The quantitative estimate of drug-likeness (QED) is 0.907. The number of hydrogen-bond acceptors (Lipinski definition) is 3. The molecule has 0 aromatic heterocycles. The van der Waals surface area contributed by atoms with Crippen molar-refractivity contribution in [3.63, 3.8) is 0 Å². The number of aryl methyl sites for hydroxylation is 1. The molecule has 0 saturated carbocycles. The number of carbonyl (C=O) groups is 1. The third-order valence-corrected chi connectivity index (χ3v) is 3.06. The van der Waals surface area contributed by atoms with E-state index in [1.54, 1.807) is 12.1 Å². The van der Waals surface area contributed by atoms with Crippen LogP contribution < -0.4 is 9.47 Å². The second-order valence-electron chi connectivity index (χ2n) is 4.36. The Kier molecular flexibility index (Phi) is 4.25. The Morgan fingerprint density at radius 3 is 2.55 bits per heavy atom.